The highest BCUT2D eigenvalue weighted by Crippen LogP contribution is 2.10. The number of hydrogen-bond donors (Lipinski definition) is 2. The number of rotatable bonds is 7. The highest BCUT2D eigenvalue weighted by atomic mass is 32.2. The number of amides is 1. The molecule has 1 unspecified atom stereocenters. The van der Waals surface area contributed by atoms with Gasteiger partial charge in [-0.2, -0.15) is 0 Å². The topological polar surface area (TPSA) is 86.7 Å². The van der Waals surface area contributed by atoms with E-state index >= 15 is 0 Å². The van der Waals surface area contributed by atoms with Gasteiger partial charge in [0, 0.05) is 32.1 Å². The molecule has 7 heteroatoms. The van der Waals surface area contributed by atoms with Crippen molar-refractivity contribution in [2.75, 3.05) is 37.7 Å². The molecule has 1 aliphatic heterocycles. The summed E-state index contributed by atoms with van der Waals surface area (Å²) in [6, 6.07) is 0.00250. The van der Waals surface area contributed by atoms with Gasteiger partial charge >= 0.3 is 0 Å². The Labute approximate surface area is 108 Å². The number of sulfone groups is 1. The average Bonchev–Trinajstić information content (AvgIpc) is 2.67. The number of carbonyl (C=O) groups is 1. The Kier molecular flexibility index (Phi) is 6.04. The predicted octanol–water partition coefficient (Wildman–Crippen LogP) is -1.01. The van der Waals surface area contributed by atoms with Crippen LogP contribution in [0.2, 0.25) is 0 Å². The minimum absolute atomic E-state index is 0.00250. The highest BCUT2D eigenvalue weighted by molar-refractivity contribution is 7.91. The third-order valence-electron chi connectivity index (χ3n) is 3.07. The van der Waals surface area contributed by atoms with Gasteiger partial charge in [0.1, 0.15) is 0 Å². The number of nitrogens with one attached hydrogen (secondary N) is 1. The summed E-state index contributed by atoms with van der Waals surface area (Å²) in [5.74, 6) is 0.443. The minimum Gasteiger partial charge on any atom is -0.395 e. The van der Waals surface area contributed by atoms with Crippen LogP contribution in [0.1, 0.15) is 19.8 Å². The molecule has 0 aromatic heterocycles. The van der Waals surface area contributed by atoms with Crippen LogP contribution >= 0.6 is 0 Å². The summed E-state index contributed by atoms with van der Waals surface area (Å²) < 4.78 is 22.5. The summed E-state index contributed by atoms with van der Waals surface area (Å²) in [6.45, 7) is 3.13. The van der Waals surface area contributed by atoms with Crippen molar-refractivity contribution in [1.29, 1.82) is 0 Å². The Morgan fingerprint density at radius 3 is 2.67 bits per heavy atom. The van der Waals surface area contributed by atoms with Crippen LogP contribution in [0.5, 0.6) is 0 Å². The van der Waals surface area contributed by atoms with E-state index in [1.165, 1.54) is 0 Å². The summed E-state index contributed by atoms with van der Waals surface area (Å²) >= 11 is 0. The number of aliphatic hydroxyl groups excluding tert-OH is 1. The van der Waals surface area contributed by atoms with Gasteiger partial charge in [-0.15, -0.1) is 0 Å². The maximum atomic E-state index is 11.5. The molecule has 1 rings (SSSR count). The molecular weight excluding hydrogens is 256 g/mol. The minimum atomic E-state index is -2.86. The Hall–Kier alpha value is -0.660. The normalized spacial score (nSPS) is 22.0. The summed E-state index contributed by atoms with van der Waals surface area (Å²) in [6.07, 6.45) is 1.06. The molecule has 1 saturated heterocycles. The molecule has 1 atom stereocenters. The van der Waals surface area contributed by atoms with Crippen molar-refractivity contribution in [2.24, 2.45) is 0 Å². The lowest BCUT2D eigenvalue weighted by molar-refractivity contribution is -0.131. The van der Waals surface area contributed by atoms with Crippen LogP contribution in [0.4, 0.5) is 0 Å². The summed E-state index contributed by atoms with van der Waals surface area (Å²) in [7, 11) is -2.86. The second-order valence-electron chi connectivity index (χ2n) is 4.51. The fraction of sp³-hybridized carbons (Fsp3) is 0.909. The lowest BCUT2D eigenvalue weighted by atomic mass is 10.2. The van der Waals surface area contributed by atoms with Crippen molar-refractivity contribution in [3.63, 3.8) is 0 Å². The summed E-state index contributed by atoms with van der Waals surface area (Å²) in [5.41, 5.74) is 0. The van der Waals surface area contributed by atoms with E-state index in [9.17, 15) is 13.2 Å². The molecule has 18 heavy (non-hydrogen) atoms. The summed E-state index contributed by atoms with van der Waals surface area (Å²) in [5, 5.41) is 12.0. The molecule has 1 heterocycles. The molecule has 0 radical (unpaired) electrons. The first-order valence-corrected chi connectivity index (χ1v) is 8.13. The lowest BCUT2D eigenvalue weighted by Gasteiger charge is -2.22. The van der Waals surface area contributed by atoms with Gasteiger partial charge in [-0.3, -0.25) is 4.79 Å². The molecule has 1 aliphatic rings. The molecule has 0 bridgehead atoms. The molecule has 1 fully saturated rings. The van der Waals surface area contributed by atoms with Crippen molar-refractivity contribution in [2.45, 2.75) is 25.8 Å². The van der Waals surface area contributed by atoms with Gasteiger partial charge in [0.05, 0.1) is 18.1 Å². The first kappa shape index (κ1) is 15.4. The first-order valence-electron chi connectivity index (χ1n) is 6.31. The number of hydrogen-bond acceptors (Lipinski definition) is 5. The van der Waals surface area contributed by atoms with E-state index in [1.54, 1.807) is 11.8 Å². The van der Waals surface area contributed by atoms with Crippen LogP contribution in [0.15, 0.2) is 0 Å². The van der Waals surface area contributed by atoms with Gasteiger partial charge in [0.2, 0.25) is 5.91 Å². The van der Waals surface area contributed by atoms with Crippen molar-refractivity contribution < 1.29 is 18.3 Å². The van der Waals surface area contributed by atoms with Crippen LogP contribution in [0.3, 0.4) is 0 Å². The van der Waals surface area contributed by atoms with Crippen LogP contribution < -0.4 is 5.32 Å². The molecule has 2 N–H and O–H groups in total. The van der Waals surface area contributed by atoms with Gasteiger partial charge < -0.3 is 15.3 Å². The Balaban J connectivity index is 2.29. The SMILES string of the molecule is CCC(=O)N(CCO)CCNC1CCS(=O)(=O)C1. The predicted molar refractivity (Wildman–Crippen MR) is 69.0 cm³/mol. The molecular formula is C11H22N2O4S. The smallest absolute Gasteiger partial charge is 0.222 e. The standard InChI is InChI=1S/C11H22N2O4S/c1-2-11(15)13(6-7-14)5-4-12-10-3-8-18(16,17)9-10/h10,12,14H,2-9H2,1H3. The second kappa shape index (κ2) is 7.06. The van der Waals surface area contributed by atoms with E-state index in [-0.39, 0.29) is 30.1 Å². The van der Waals surface area contributed by atoms with Crippen LogP contribution in [-0.2, 0) is 14.6 Å². The second-order valence-corrected chi connectivity index (χ2v) is 6.74. The monoisotopic (exact) mass is 278 g/mol. The maximum absolute atomic E-state index is 11.5. The third kappa shape index (κ3) is 4.91. The fourth-order valence-electron chi connectivity index (χ4n) is 2.07. The quantitative estimate of drug-likeness (QED) is 0.623. The maximum Gasteiger partial charge on any atom is 0.222 e. The van der Waals surface area contributed by atoms with E-state index in [0.29, 0.717) is 32.5 Å². The molecule has 0 spiro atoms. The van der Waals surface area contributed by atoms with Crippen molar-refractivity contribution >= 4 is 15.7 Å². The molecule has 1 amide bonds. The zero-order valence-electron chi connectivity index (χ0n) is 10.8. The molecule has 0 aliphatic carbocycles. The van der Waals surface area contributed by atoms with Crippen LogP contribution in [0, 0.1) is 0 Å². The van der Waals surface area contributed by atoms with E-state index in [0.717, 1.165) is 0 Å². The number of nitrogens with zero attached hydrogens (tertiary/aromatic N) is 1. The number of carbonyl (C=O) groups excluding carboxylic acids is 1. The van der Waals surface area contributed by atoms with Crippen LogP contribution in [0.25, 0.3) is 0 Å². The Morgan fingerprint density at radius 2 is 2.17 bits per heavy atom. The van der Waals surface area contributed by atoms with Gasteiger partial charge in [-0.1, -0.05) is 6.92 Å². The van der Waals surface area contributed by atoms with Gasteiger partial charge in [0.15, 0.2) is 9.84 Å². The lowest BCUT2D eigenvalue weighted by Crippen LogP contribution is -2.41. The van der Waals surface area contributed by atoms with Gasteiger partial charge in [-0.25, -0.2) is 8.42 Å². The van der Waals surface area contributed by atoms with E-state index < -0.39 is 9.84 Å². The molecule has 6 nitrogen and oxygen atoms in total. The third-order valence-corrected chi connectivity index (χ3v) is 4.84. The van der Waals surface area contributed by atoms with E-state index in [2.05, 4.69) is 5.32 Å². The van der Waals surface area contributed by atoms with Crippen LogP contribution in [-0.4, -0.2) is 68.1 Å². The highest BCUT2D eigenvalue weighted by Gasteiger charge is 2.27. The molecule has 0 saturated carbocycles. The number of aliphatic hydroxyl groups is 1. The molecule has 106 valence electrons. The zero-order valence-corrected chi connectivity index (χ0v) is 11.6. The largest absolute Gasteiger partial charge is 0.395 e. The first-order chi connectivity index (χ1) is 8.48. The average molecular weight is 278 g/mol. The zero-order chi connectivity index (χ0) is 13.6. The Bertz CT molecular complexity index is 369. The van der Waals surface area contributed by atoms with Crippen molar-refractivity contribution in [3.05, 3.63) is 0 Å². The van der Waals surface area contributed by atoms with Crippen molar-refractivity contribution in [1.82, 2.24) is 10.2 Å². The fourth-order valence-corrected chi connectivity index (χ4v) is 3.77. The van der Waals surface area contributed by atoms with Crippen molar-refractivity contribution in [3.8, 4) is 0 Å². The van der Waals surface area contributed by atoms with E-state index in [4.69, 9.17) is 5.11 Å². The van der Waals surface area contributed by atoms with Gasteiger partial charge in [-0.05, 0) is 6.42 Å². The molecule has 0 aromatic carbocycles. The molecule has 0 aromatic rings. The van der Waals surface area contributed by atoms with E-state index in [1.807, 2.05) is 0 Å². The summed E-state index contributed by atoms with van der Waals surface area (Å²) in [4.78, 5) is 13.1. The van der Waals surface area contributed by atoms with Gasteiger partial charge in [0.25, 0.3) is 0 Å². The Morgan fingerprint density at radius 1 is 1.44 bits per heavy atom.